The van der Waals surface area contributed by atoms with Crippen LogP contribution in [0.15, 0.2) is 24.4 Å². The number of halogens is 2. The predicted molar refractivity (Wildman–Crippen MR) is 75.3 cm³/mol. The second-order valence-electron chi connectivity index (χ2n) is 5.25. The van der Waals surface area contributed by atoms with Crippen LogP contribution in [0.5, 0.6) is 0 Å². The normalized spacial score (nSPS) is 20.2. The molecule has 3 heterocycles. The molecule has 1 aromatic carbocycles. The van der Waals surface area contributed by atoms with Crippen LogP contribution < -0.4 is 10.4 Å². The third-order valence-corrected chi connectivity index (χ3v) is 3.97. The molecule has 0 unspecified atom stereocenters. The van der Waals surface area contributed by atoms with Crippen LogP contribution in [0.1, 0.15) is 5.56 Å². The summed E-state index contributed by atoms with van der Waals surface area (Å²) in [4.78, 5) is 4.29. The Hall–Kier alpha value is -1.83. The summed E-state index contributed by atoms with van der Waals surface area (Å²) in [5.41, 5.74) is 1.55. The van der Waals surface area contributed by atoms with Gasteiger partial charge in [0.25, 0.3) is 0 Å². The highest BCUT2D eigenvalue weighted by atomic mass is 19.2. The monoisotopic (exact) mass is 291 g/mol. The topological polar surface area (TPSA) is 34.6 Å². The zero-order valence-electron chi connectivity index (χ0n) is 11.4. The number of hydrazine groups is 2. The van der Waals surface area contributed by atoms with Crippen LogP contribution in [0.3, 0.4) is 0 Å². The van der Waals surface area contributed by atoms with E-state index in [1.807, 2.05) is 5.01 Å². The molecule has 0 radical (unpaired) electrons. The van der Waals surface area contributed by atoms with E-state index in [0.29, 0.717) is 34.8 Å². The SMILES string of the molecule is Fc1cc2cccnc2c2c1N(N1CCNCC1)N(F)C2. The largest absolute Gasteiger partial charge is 0.314 e. The first-order chi connectivity index (χ1) is 10.3. The number of hydrogen-bond acceptors (Lipinski definition) is 5. The molecule has 2 aliphatic rings. The number of nitrogens with one attached hydrogen (secondary N) is 1. The minimum absolute atomic E-state index is 0.0184. The van der Waals surface area contributed by atoms with Gasteiger partial charge in [0.2, 0.25) is 0 Å². The minimum Gasteiger partial charge on any atom is -0.314 e. The van der Waals surface area contributed by atoms with E-state index in [1.54, 1.807) is 18.3 Å². The van der Waals surface area contributed by atoms with Gasteiger partial charge in [0.05, 0.1) is 12.1 Å². The number of nitrogens with zero attached hydrogens (tertiary/aromatic N) is 4. The number of hydrogen-bond donors (Lipinski definition) is 1. The summed E-state index contributed by atoms with van der Waals surface area (Å²) in [5.74, 6) is -0.413. The van der Waals surface area contributed by atoms with Gasteiger partial charge in [-0.25, -0.2) is 14.5 Å². The van der Waals surface area contributed by atoms with E-state index in [4.69, 9.17) is 0 Å². The van der Waals surface area contributed by atoms with Gasteiger partial charge in [-0.3, -0.25) is 4.98 Å². The summed E-state index contributed by atoms with van der Waals surface area (Å²) in [6, 6.07) is 4.97. The maximum atomic E-state index is 14.5. The standard InChI is InChI=1S/C14H15F2N5/c15-12-8-10-2-1-3-18-13(10)11-9-20(16)21(14(11)12)19-6-4-17-5-7-19/h1-3,8,17H,4-7,9H2. The Bertz CT molecular complexity index is 686. The third kappa shape index (κ3) is 1.97. The molecule has 1 N–H and O–H groups in total. The zero-order chi connectivity index (χ0) is 14.4. The highest BCUT2D eigenvalue weighted by Gasteiger charge is 2.37. The average molecular weight is 291 g/mol. The van der Waals surface area contributed by atoms with Crippen LogP contribution in [0.4, 0.5) is 14.6 Å². The van der Waals surface area contributed by atoms with Gasteiger partial charge in [0.15, 0.2) is 5.82 Å². The van der Waals surface area contributed by atoms with Crippen molar-refractivity contribution in [2.24, 2.45) is 0 Å². The van der Waals surface area contributed by atoms with Crippen molar-refractivity contribution in [3.63, 3.8) is 0 Å². The Balaban J connectivity index is 1.86. The molecular formula is C14H15F2N5. The first-order valence-electron chi connectivity index (χ1n) is 7.01. The summed E-state index contributed by atoms with van der Waals surface area (Å²) >= 11 is 0. The van der Waals surface area contributed by atoms with Crippen LogP contribution in [-0.4, -0.2) is 41.4 Å². The van der Waals surface area contributed by atoms with Crippen molar-refractivity contribution in [1.82, 2.24) is 20.5 Å². The highest BCUT2D eigenvalue weighted by molar-refractivity contribution is 5.87. The lowest BCUT2D eigenvalue weighted by Crippen LogP contribution is -2.55. The summed E-state index contributed by atoms with van der Waals surface area (Å²) in [6.45, 7) is 2.81. The average Bonchev–Trinajstić information content (AvgIpc) is 2.86. The first kappa shape index (κ1) is 12.9. The van der Waals surface area contributed by atoms with Crippen molar-refractivity contribution >= 4 is 16.6 Å². The highest BCUT2D eigenvalue weighted by Crippen LogP contribution is 2.39. The fourth-order valence-electron chi connectivity index (χ4n) is 3.04. The van der Waals surface area contributed by atoms with Gasteiger partial charge in [0, 0.05) is 43.3 Å². The number of piperazine rings is 1. The van der Waals surface area contributed by atoms with Gasteiger partial charge >= 0.3 is 0 Å². The van der Waals surface area contributed by atoms with E-state index in [1.165, 1.54) is 11.2 Å². The molecule has 2 aliphatic heterocycles. The maximum absolute atomic E-state index is 14.5. The number of aromatic nitrogens is 1. The summed E-state index contributed by atoms with van der Waals surface area (Å²) in [6.07, 6.45) is 1.65. The van der Waals surface area contributed by atoms with Crippen molar-refractivity contribution in [3.8, 4) is 0 Å². The Morgan fingerprint density at radius 3 is 2.86 bits per heavy atom. The number of benzene rings is 1. The molecule has 0 spiro atoms. The lowest BCUT2D eigenvalue weighted by atomic mass is 10.1. The van der Waals surface area contributed by atoms with Gasteiger partial charge in [-0.2, -0.15) is 0 Å². The lowest BCUT2D eigenvalue weighted by Gasteiger charge is -2.37. The molecule has 4 rings (SSSR count). The van der Waals surface area contributed by atoms with E-state index in [-0.39, 0.29) is 12.2 Å². The molecule has 1 fully saturated rings. The Morgan fingerprint density at radius 2 is 2.05 bits per heavy atom. The molecular weight excluding hydrogens is 276 g/mol. The summed E-state index contributed by atoms with van der Waals surface area (Å²) in [7, 11) is 0. The Kier molecular flexibility index (Phi) is 2.99. The van der Waals surface area contributed by atoms with E-state index in [0.717, 1.165) is 13.1 Å². The van der Waals surface area contributed by atoms with Crippen molar-refractivity contribution in [2.75, 3.05) is 31.3 Å². The minimum atomic E-state index is -0.413. The second-order valence-corrected chi connectivity index (χ2v) is 5.25. The second kappa shape index (κ2) is 4.87. The summed E-state index contributed by atoms with van der Waals surface area (Å²) < 4.78 is 28.9. The molecule has 2 aromatic rings. The van der Waals surface area contributed by atoms with Crippen molar-refractivity contribution in [2.45, 2.75) is 6.54 Å². The molecule has 1 aromatic heterocycles. The number of rotatable bonds is 1. The van der Waals surface area contributed by atoms with Crippen molar-refractivity contribution in [3.05, 3.63) is 35.8 Å². The Labute approximate surface area is 120 Å². The third-order valence-electron chi connectivity index (χ3n) is 3.97. The maximum Gasteiger partial charge on any atom is 0.150 e. The molecule has 0 saturated carbocycles. The molecule has 0 atom stereocenters. The number of anilines is 1. The predicted octanol–water partition coefficient (Wildman–Crippen LogP) is 1.62. The van der Waals surface area contributed by atoms with Crippen LogP contribution in [0, 0.1) is 5.82 Å². The molecule has 21 heavy (non-hydrogen) atoms. The van der Waals surface area contributed by atoms with Crippen LogP contribution in [0.25, 0.3) is 10.9 Å². The fraction of sp³-hybridized carbons (Fsp3) is 0.357. The van der Waals surface area contributed by atoms with E-state index in [9.17, 15) is 8.87 Å². The smallest absolute Gasteiger partial charge is 0.150 e. The molecule has 7 heteroatoms. The van der Waals surface area contributed by atoms with E-state index < -0.39 is 5.82 Å². The molecule has 5 nitrogen and oxygen atoms in total. The number of pyridine rings is 1. The van der Waals surface area contributed by atoms with Gasteiger partial charge < -0.3 is 5.32 Å². The van der Waals surface area contributed by atoms with Gasteiger partial charge in [0.1, 0.15) is 5.69 Å². The lowest BCUT2D eigenvalue weighted by molar-refractivity contribution is -0.0529. The molecule has 0 bridgehead atoms. The molecule has 0 aliphatic carbocycles. The van der Waals surface area contributed by atoms with Crippen LogP contribution in [0.2, 0.25) is 0 Å². The van der Waals surface area contributed by atoms with Gasteiger partial charge in [-0.1, -0.05) is 6.07 Å². The Morgan fingerprint density at radius 1 is 1.24 bits per heavy atom. The van der Waals surface area contributed by atoms with Gasteiger partial charge in [-0.15, -0.1) is 4.48 Å². The first-order valence-corrected chi connectivity index (χ1v) is 7.01. The van der Waals surface area contributed by atoms with Crippen molar-refractivity contribution < 1.29 is 8.87 Å². The van der Waals surface area contributed by atoms with Gasteiger partial charge in [-0.05, 0) is 17.4 Å². The fourth-order valence-corrected chi connectivity index (χ4v) is 3.04. The summed E-state index contributed by atoms with van der Waals surface area (Å²) in [5, 5.41) is 7.61. The van der Waals surface area contributed by atoms with Crippen LogP contribution >= 0.6 is 0 Å². The van der Waals surface area contributed by atoms with Crippen LogP contribution in [-0.2, 0) is 6.54 Å². The molecule has 110 valence electrons. The van der Waals surface area contributed by atoms with E-state index in [2.05, 4.69) is 10.3 Å². The number of fused-ring (bicyclic) bond motifs is 3. The molecule has 1 saturated heterocycles. The quantitative estimate of drug-likeness (QED) is 0.808. The zero-order valence-corrected chi connectivity index (χ0v) is 11.4. The van der Waals surface area contributed by atoms with Crippen molar-refractivity contribution in [1.29, 1.82) is 0 Å². The van der Waals surface area contributed by atoms with E-state index >= 15 is 0 Å². The molecule has 0 amide bonds.